The molecule has 1 unspecified atom stereocenters. The molecule has 0 spiro atoms. The number of ketones is 1. The van der Waals surface area contributed by atoms with E-state index < -0.39 is 0 Å². The van der Waals surface area contributed by atoms with Gasteiger partial charge in [0, 0.05) is 13.0 Å². The Labute approximate surface area is 125 Å². The van der Waals surface area contributed by atoms with Crippen LogP contribution < -0.4 is 15.8 Å². The van der Waals surface area contributed by atoms with Gasteiger partial charge in [0.2, 0.25) is 0 Å². The molecule has 0 aliphatic carbocycles. The van der Waals surface area contributed by atoms with Crippen LogP contribution in [0.4, 0.5) is 10.7 Å². The molecular weight excluding hydrogens is 272 g/mol. The molecule has 0 fully saturated rings. The van der Waals surface area contributed by atoms with Crippen molar-refractivity contribution < 1.29 is 9.53 Å². The highest BCUT2D eigenvalue weighted by atomic mass is 32.1. The van der Waals surface area contributed by atoms with Crippen molar-refractivity contribution in [3.05, 3.63) is 4.88 Å². The molecule has 0 amide bonds. The summed E-state index contributed by atoms with van der Waals surface area (Å²) in [4.78, 5) is 12.2. The van der Waals surface area contributed by atoms with E-state index in [9.17, 15) is 4.79 Å². The zero-order valence-corrected chi connectivity index (χ0v) is 14.1. The number of ether oxygens (including phenoxy) is 1. The van der Waals surface area contributed by atoms with Crippen LogP contribution in [0.25, 0.3) is 0 Å². The first-order chi connectivity index (χ1) is 9.27. The molecule has 5 heteroatoms. The van der Waals surface area contributed by atoms with E-state index in [0.717, 1.165) is 11.4 Å². The van der Waals surface area contributed by atoms with E-state index in [1.54, 1.807) is 0 Å². The minimum atomic E-state index is -0.0215. The maximum Gasteiger partial charge on any atom is 0.177 e. The number of nitrogen functional groups attached to an aromatic ring is 1. The van der Waals surface area contributed by atoms with Gasteiger partial charge in [-0.25, -0.2) is 0 Å². The smallest absolute Gasteiger partial charge is 0.177 e. The molecule has 0 radical (unpaired) electrons. The normalized spacial score (nSPS) is 12.8. The Kier molecular flexibility index (Phi) is 5.87. The molecule has 0 aromatic carbocycles. The highest BCUT2D eigenvalue weighted by Gasteiger charge is 2.23. The van der Waals surface area contributed by atoms with Crippen LogP contribution in [-0.4, -0.2) is 17.9 Å². The summed E-state index contributed by atoms with van der Waals surface area (Å²) >= 11 is 1.39. The van der Waals surface area contributed by atoms with Crippen molar-refractivity contribution in [2.24, 2.45) is 5.92 Å². The molecule has 20 heavy (non-hydrogen) atoms. The Morgan fingerprint density at radius 1 is 1.35 bits per heavy atom. The summed E-state index contributed by atoms with van der Waals surface area (Å²) in [7, 11) is 0. The van der Waals surface area contributed by atoms with Crippen LogP contribution in [0.1, 0.15) is 57.6 Å². The van der Waals surface area contributed by atoms with E-state index in [1.165, 1.54) is 18.3 Å². The highest BCUT2D eigenvalue weighted by Crippen LogP contribution is 2.44. The summed E-state index contributed by atoms with van der Waals surface area (Å²) in [6, 6.07) is 0.336. The predicted molar refractivity (Wildman–Crippen MR) is 87.0 cm³/mol. The molecule has 0 aliphatic rings. The third-order valence-electron chi connectivity index (χ3n) is 3.13. The fourth-order valence-electron chi connectivity index (χ4n) is 2.05. The van der Waals surface area contributed by atoms with Crippen LogP contribution >= 0.6 is 11.3 Å². The fourth-order valence-corrected chi connectivity index (χ4v) is 3.06. The summed E-state index contributed by atoms with van der Waals surface area (Å²) in [6.45, 7) is 11.9. The lowest BCUT2D eigenvalue weighted by molar-refractivity contribution is 0.102. The van der Waals surface area contributed by atoms with Crippen molar-refractivity contribution in [3.8, 4) is 5.75 Å². The van der Waals surface area contributed by atoms with Crippen LogP contribution in [0.2, 0.25) is 0 Å². The maximum atomic E-state index is 11.7. The lowest BCUT2D eigenvalue weighted by Gasteiger charge is -2.22. The van der Waals surface area contributed by atoms with Crippen molar-refractivity contribution in [3.63, 3.8) is 0 Å². The van der Waals surface area contributed by atoms with Gasteiger partial charge in [-0.1, -0.05) is 20.8 Å². The Bertz CT molecular complexity index is 467. The number of Topliss-reactive ketones (excluding diaryl/α,β-unsaturated/α-hetero) is 1. The van der Waals surface area contributed by atoms with Crippen molar-refractivity contribution in [2.75, 3.05) is 11.1 Å². The number of rotatable bonds is 7. The zero-order chi connectivity index (χ0) is 15.4. The van der Waals surface area contributed by atoms with Gasteiger partial charge in [-0.3, -0.25) is 4.79 Å². The number of thiophene rings is 1. The number of anilines is 2. The Hall–Kier alpha value is -1.23. The lowest BCUT2D eigenvalue weighted by atomic mass is 10.0. The van der Waals surface area contributed by atoms with E-state index in [-0.39, 0.29) is 11.9 Å². The van der Waals surface area contributed by atoms with Gasteiger partial charge in [0.25, 0.3) is 0 Å². The van der Waals surface area contributed by atoms with Gasteiger partial charge in [-0.05, 0) is 26.2 Å². The first kappa shape index (κ1) is 16.8. The second-order valence-corrected chi connectivity index (χ2v) is 6.65. The standard InChI is InChI=1S/C15H26N2O2S/c1-7-11(8(2)3)17-15-13(19-9(4)5)12(16)14(20-15)10(6)18/h8-9,11,17H,7,16H2,1-6H3. The lowest BCUT2D eigenvalue weighted by Crippen LogP contribution is -2.24. The molecule has 1 atom stereocenters. The van der Waals surface area contributed by atoms with E-state index >= 15 is 0 Å². The van der Waals surface area contributed by atoms with Crippen LogP contribution in [0.5, 0.6) is 5.75 Å². The maximum absolute atomic E-state index is 11.7. The number of hydrogen-bond donors (Lipinski definition) is 2. The van der Waals surface area contributed by atoms with Crippen molar-refractivity contribution in [1.29, 1.82) is 0 Å². The average Bonchev–Trinajstić information content (AvgIpc) is 2.63. The Morgan fingerprint density at radius 2 is 1.95 bits per heavy atom. The van der Waals surface area contributed by atoms with E-state index in [1.807, 2.05) is 13.8 Å². The molecule has 3 N–H and O–H groups in total. The monoisotopic (exact) mass is 298 g/mol. The topological polar surface area (TPSA) is 64.4 Å². The van der Waals surface area contributed by atoms with E-state index in [4.69, 9.17) is 10.5 Å². The second kappa shape index (κ2) is 6.97. The fraction of sp³-hybridized carbons (Fsp3) is 0.667. The van der Waals surface area contributed by atoms with Gasteiger partial charge < -0.3 is 15.8 Å². The second-order valence-electron chi connectivity index (χ2n) is 5.63. The van der Waals surface area contributed by atoms with E-state index in [0.29, 0.717) is 28.3 Å². The van der Waals surface area contributed by atoms with Crippen molar-refractivity contribution in [2.45, 2.75) is 60.1 Å². The van der Waals surface area contributed by atoms with Crippen LogP contribution in [0.15, 0.2) is 0 Å². The van der Waals surface area contributed by atoms with Gasteiger partial charge in [0.15, 0.2) is 11.5 Å². The van der Waals surface area contributed by atoms with Gasteiger partial charge in [0.05, 0.1) is 16.7 Å². The average molecular weight is 298 g/mol. The molecule has 0 saturated heterocycles. The molecule has 1 heterocycles. The molecule has 1 aromatic rings. The number of hydrogen-bond acceptors (Lipinski definition) is 5. The summed E-state index contributed by atoms with van der Waals surface area (Å²) in [5, 5.41) is 4.34. The summed E-state index contributed by atoms with van der Waals surface area (Å²) < 4.78 is 5.80. The first-order valence-electron chi connectivity index (χ1n) is 7.14. The van der Waals surface area contributed by atoms with E-state index in [2.05, 4.69) is 26.1 Å². The van der Waals surface area contributed by atoms with Gasteiger partial charge in [-0.2, -0.15) is 0 Å². The van der Waals surface area contributed by atoms with Gasteiger partial charge in [0.1, 0.15) is 5.00 Å². The molecule has 0 bridgehead atoms. The van der Waals surface area contributed by atoms with Crippen molar-refractivity contribution in [1.82, 2.24) is 0 Å². The summed E-state index contributed by atoms with van der Waals surface area (Å²) in [5.74, 6) is 1.09. The molecule has 0 aliphatic heterocycles. The van der Waals surface area contributed by atoms with Crippen LogP contribution in [0, 0.1) is 5.92 Å². The molecule has 0 saturated carbocycles. The third-order valence-corrected chi connectivity index (χ3v) is 4.35. The third kappa shape index (κ3) is 3.88. The molecule has 4 nitrogen and oxygen atoms in total. The number of carbonyl (C=O) groups is 1. The minimum Gasteiger partial charge on any atom is -0.486 e. The largest absolute Gasteiger partial charge is 0.486 e. The summed E-state index contributed by atoms with van der Waals surface area (Å²) in [5.41, 5.74) is 6.53. The molecule has 1 rings (SSSR count). The Morgan fingerprint density at radius 3 is 2.35 bits per heavy atom. The van der Waals surface area contributed by atoms with Gasteiger partial charge in [-0.15, -0.1) is 11.3 Å². The molecule has 1 aromatic heterocycles. The minimum absolute atomic E-state index is 0.0198. The van der Waals surface area contributed by atoms with Crippen LogP contribution in [0.3, 0.4) is 0 Å². The highest BCUT2D eigenvalue weighted by molar-refractivity contribution is 7.19. The van der Waals surface area contributed by atoms with Crippen molar-refractivity contribution >= 4 is 27.8 Å². The molecular formula is C15H26N2O2S. The SMILES string of the molecule is CCC(Nc1sc(C(C)=O)c(N)c1OC(C)C)C(C)C. The number of nitrogens with two attached hydrogens (primary N) is 1. The summed E-state index contributed by atoms with van der Waals surface area (Å²) in [6.07, 6.45) is 1.03. The predicted octanol–water partition coefficient (Wildman–Crippen LogP) is 4.17. The Balaban J connectivity index is 3.15. The molecule has 114 valence electrons. The van der Waals surface area contributed by atoms with Gasteiger partial charge >= 0.3 is 0 Å². The number of carbonyl (C=O) groups excluding carboxylic acids is 1. The first-order valence-corrected chi connectivity index (χ1v) is 7.95. The van der Waals surface area contributed by atoms with Crippen LogP contribution in [-0.2, 0) is 0 Å². The zero-order valence-electron chi connectivity index (χ0n) is 13.2. The quantitative estimate of drug-likeness (QED) is 0.742. The number of nitrogens with one attached hydrogen (secondary N) is 1.